The second kappa shape index (κ2) is 9.48. The fraction of sp³-hybridized carbons (Fsp3) is 0.423. The highest BCUT2D eigenvalue weighted by Crippen LogP contribution is 2.29. The van der Waals surface area contributed by atoms with Gasteiger partial charge in [-0.15, -0.1) is 0 Å². The van der Waals surface area contributed by atoms with Gasteiger partial charge in [0.25, 0.3) is 0 Å². The fourth-order valence-electron chi connectivity index (χ4n) is 4.37. The molecule has 3 aromatic rings. The largest absolute Gasteiger partial charge is 0.454 e. The Bertz CT molecular complexity index is 1010. The van der Waals surface area contributed by atoms with Gasteiger partial charge in [0.05, 0.1) is 5.56 Å². The van der Waals surface area contributed by atoms with Crippen molar-refractivity contribution >= 4 is 16.9 Å². The third-order valence-corrected chi connectivity index (χ3v) is 6.10. The van der Waals surface area contributed by atoms with E-state index < -0.39 is 0 Å². The molecule has 1 atom stereocenters. The quantitative estimate of drug-likeness (QED) is 0.474. The number of rotatable bonds is 8. The standard InChI is InChI=1S/C26H34N2O2/c1-7-28(8-2)15-14-21-12-13-23-22(16-21)25(19(5)27-23)26(29)30-20(6)24-17(3)10-9-11-18(24)4/h9-13,16,20,27H,7-8,14-15H2,1-6H3. The Morgan fingerprint density at radius 1 is 1.07 bits per heavy atom. The summed E-state index contributed by atoms with van der Waals surface area (Å²) >= 11 is 0. The lowest BCUT2D eigenvalue weighted by Crippen LogP contribution is -2.25. The molecule has 1 N–H and O–H groups in total. The summed E-state index contributed by atoms with van der Waals surface area (Å²) in [4.78, 5) is 18.9. The van der Waals surface area contributed by atoms with Gasteiger partial charge in [-0.1, -0.05) is 38.1 Å². The van der Waals surface area contributed by atoms with Crippen molar-refractivity contribution in [1.82, 2.24) is 9.88 Å². The number of H-pyrrole nitrogens is 1. The van der Waals surface area contributed by atoms with Crippen molar-refractivity contribution in [2.75, 3.05) is 19.6 Å². The van der Waals surface area contributed by atoms with Crippen molar-refractivity contribution in [3.05, 3.63) is 69.9 Å². The van der Waals surface area contributed by atoms with Crippen LogP contribution in [0.1, 0.15) is 65.2 Å². The number of hydrogen-bond donors (Lipinski definition) is 1. The first kappa shape index (κ1) is 22.1. The topological polar surface area (TPSA) is 45.3 Å². The number of ether oxygens (including phenoxy) is 1. The lowest BCUT2D eigenvalue weighted by molar-refractivity contribution is 0.0337. The molecule has 30 heavy (non-hydrogen) atoms. The number of aromatic nitrogens is 1. The molecule has 1 aromatic heterocycles. The van der Waals surface area contributed by atoms with E-state index in [1.165, 1.54) is 5.56 Å². The lowest BCUT2D eigenvalue weighted by Gasteiger charge is -2.18. The molecule has 1 heterocycles. The van der Waals surface area contributed by atoms with Crippen LogP contribution in [0, 0.1) is 20.8 Å². The molecule has 2 aromatic carbocycles. The molecule has 0 amide bonds. The molecule has 4 nitrogen and oxygen atoms in total. The van der Waals surface area contributed by atoms with E-state index in [0.717, 1.165) is 59.3 Å². The number of nitrogens with zero attached hydrogens (tertiary/aromatic N) is 1. The molecule has 4 heteroatoms. The summed E-state index contributed by atoms with van der Waals surface area (Å²) in [6.45, 7) is 15.5. The monoisotopic (exact) mass is 406 g/mol. The number of nitrogens with one attached hydrogen (secondary N) is 1. The minimum atomic E-state index is -0.297. The zero-order chi connectivity index (χ0) is 21.8. The van der Waals surface area contributed by atoms with Crippen molar-refractivity contribution in [3.63, 3.8) is 0 Å². The maximum absolute atomic E-state index is 13.2. The van der Waals surface area contributed by atoms with Crippen LogP contribution in [0.25, 0.3) is 10.9 Å². The number of likely N-dealkylation sites (N-methyl/N-ethyl adjacent to an activating group) is 1. The smallest absolute Gasteiger partial charge is 0.341 e. The van der Waals surface area contributed by atoms with Gasteiger partial charge < -0.3 is 14.6 Å². The highest BCUT2D eigenvalue weighted by molar-refractivity contribution is 6.05. The molecule has 0 saturated carbocycles. The van der Waals surface area contributed by atoms with Crippen molar-refractivity contribution in [2.24, 2.45) is 0 Å². The Labute approximate surface area is 180 Å². The number of esters is 1. The average molecular weight is 407 g/mol. The molecule has 0 fully saturated rings. The first-order valence-corrected chi connectivity index (χ1v) is 11.0. The zero-order valence-corrected chi connectivity index (χ0v) is 19.1. The van der Waals surface area contributed by atoms with E-state index in [1.54, 1.807) is 0 Å². The Balaban J connectivity index is 1.86. The number of hydrogen-bond acceptors (Lipinski definition) is 3. The fourth-order valence-corrected chi connectivity index (χ4v) is 4.37. The maximum Gasteiger partial charge on any atom is 0.341 e. The summed E-state index contributed by atoms with van der Waals surface area (Å²) in [7, 11) is 0. The summed E-state index contributed by atoms with van der Waals surface area (Å²) in [5.41, 5.74) is 7.09. The van der Waals surface area contributed by atoms with E-state index in [1.807, 2.05) is 19.9 Å². The number of carbonyl (C=O) groups is 1. The van der Waals surface area contributed by atoms with Gasteiger partial charge in [0, 0.05) is 23.1 Å². The Kier molecular flexibility index (Phi) is 6.99. The molecule has 0 aliphatic heterocycles. The Morgan fingerprint density at radius 3 is 2.37 bits per heavy atom. The average Bonchev–Trinajstić information content (AvgIpc) is 3.03. The van der Waals surface area contributed by atoms with Gasteiger partial charge in [-0.3, -0.25) is 0 Å². The molecule has 0 spiro atoms. The molecule has 0 aliphatic carbocycles. The van der Waals surface area contributed by atoms with Crippen LogP contribution in [0.15, 0.2) is 36.4 Å². The predicted molar refractivity (Wildman–Crippen MR) is 124 cm³/mol. The Hall–Kier alpha value is -2.59. The second-order valence-corrected chi connectivity index (χ2v) is 8.13. The molecule has 0 bridgehead atoms. The molecule has 160 valence electrons. The van der Waals surface area contributed by atoms with Gasteiger partial charge in [0.2, 0.25) is 0 Å². The minimum Gasteiger partial charge on any atom is -0.454 e. The lowest BCUT2D eigenvalue weighted by atomic mass is 9.99. The van der Waals surface area contributed by atoms with E-state index >= 15 is 0 Å². The first-order valence-electron chi connectivity index (χ1n) is 11.0. The molecule has 1 unspecified atom stereocenters. The van der Waals surface area contributed by atoms with Gasteiger partial charge in [0.15, 0.2) is 0 Å². The van der Waals surface area contributed by atoms with E-state index in [0.29, 0.717) is 5.56 Å². The molecular formula is C26H34N2O2. The normalized spacial score (nSPS) is 12.5. The van der Waals surface area contributed by atoms with Crippen LogP contribution in [-0.2, 0) is 11.2 Å². The van der Waals surface area contributed by atoms with Crippen LogP contribution < -0.4 is 0 Å². The van der Waals surface area contributed by atoms with Crippen LogP contribution >= 0.6 is 0 Å². The summed E-state index contributed by atoms with van der Waals surface area (Å²) in [6, 6.07) is 12.5. The highest BCUT2D eigenvalue weighted by Gasteiger charge is 2.22. The van der Waals surface area contributed by atoms with Crippen LogP contribution in [0.5, 0.6) is 0 Å². The molecule has 0 radical (unpaired) electrons. The number of fused-ring (bicyclic) bond motifs is 1. The SMILES string of the molecule is CCN(CC)CCc1ccc2[nH]c(C)c(C(=O)OC(C)c3c(C)cccc3C)c2c1. The molecule has 3 rings (SSSR count). The van der Waals surface area contributed by atoms with Crippen LogP contribution in [-0.4, -0.2) is 35.5 Å². The molecular weight excluding hydrogens is 372 g/mol. The minimum absolute atomic E-state index is 0.269. The maximum atomic E-state index is 13.2. The van der Waals surface area contributed by atoms with Gasteiger partial charge in [-0.2, -0.15) is 0 Å². The predicted octanol–water partition coefficient (Wildman–Crippen LogP) is 5.90. The van der Waals surface area contributed by atoms with Crippen LogP contribution in [0.3, 0.4) is 0 Å². The number of aryl methyl sites for hydroxylation is 3. The number of carbonyl (C=O) groups excluding carboxylic acids is 1. The van der Waals surface area contributed by atoms with E-state index in [9.17, 15) is 4.79 Å². The Morgan fingerprint density at radius 2 is 1.73 bits per heavy atom. The van der Waals surface area contributed by atoms with Crippen LogP contribution in [0.4, 0.5) is 0 Å². The van der Waals surface area contributed by atoms with Crippen molar-refractivity contribution in [1.29, 1.82) is 0 Å². The third kappa shape index (κ3) is 4.59. The second-order valence-electron chi connectivity index (χ2n) is 8.13. The van der Waals surface area contributed by atoms with E-state index in [2.05, 4.69) is 67.9 Å². The van der Waals surface area contributed by atoms with Crippen molar-refractivity contribution in [3.8, 4) is 0 Å². The molecule has 0 aliphatic rings. The van der Waals surface area contributed by atoms with Crippen molar-refractivity contribution < 1.29 is 9.53 Å². The number of aromatic amines is 1. The van der Waals surface area contributed by atoms with Gasteiger partial charge in [-0.25, -0.2) is 4.79 Å². The summed E-state index contributed by atoms with van der Waals surface area (Å²) in [5, 5.41) is 0.947. The highest BCUT2D eigenvalue weighted by atomic mass is 16.5. The van der Waals surface area contributed by atoms with E-state index in [4.69, 9.17) is 4.74 Å². The van der Waals surface area contributed by atoms with Crippen LogP contribution in [0.2, 0.25) is 0 Å². The third-order valence-electron chi connectivity index (χ3n) is 6.10. The van der Waals surface area contributed by atoms with Gasteiger partial charge in [0.1, 0.15) is 6.10 Å². The summed E-state index contributed by atoms with van der Waals surface area (Å²) < 4.78 is 5.94. The van der Waals surface area contributed by atoms with Gasteiger partial charge >= 0.3 is 5.97 Å². The van der Waals surface area contributed by atoms with E-state index in [-0.39, 0.29) is 12.1 Å². The van der Waals surface area contributed by atoms with Gasteiger partial charge in [-0.05, 0) is 81.6 Å². The molecule has 0 saturated heterocycles. The van der Waals surface area contributed by atoms with Crippen molar-refractivity contribution in [2.45, 2.75) is 54.1 Å². The number of benzene rings is 2. The first-order chi connectivity index (χ1) is 14.3. The summed E-state index contributed by atoms with van der Waals surface area (Å²) in [5.74, 6) is -0.269. The summed E-state index contributed by atoms with van der Waals surface area (Å²) in [6.07, 6.45) is 0.670. The zero-order valence-electron chi connectivity index (χ0n) is 19.1.